The SMILES string of the molecule is CCCCOc1ccc(CS(=O)(=O)C2(C(=O)NO)CCN(CC)CC2)cc1. The summed E-state index contributed by atoms with van der Waals surface area (Å²) in [6.07, 6.45) is 2.35. The van der Waals surface area contributed by atoms with Gasteiger partial charge < -0.3 is 9.64 Å². The minimum Gasteiger partial charge on any atom is -0.494 e. The van der Waals surface area contributed by atoms with Gasteiger partial charge in [-0.25, -0.2) is 13.9 Å². The van der Waals surface area contributed by atoms with Crippen LogP contribution in [-0.2, 0) is 20.4 Å². The summed E-state index contributed by atoms with van der Waals surface area (Å²) < 4.78 is 30.3. The minimum atomic E-state index is -3.81. The smallest absolute Gasteiger partial charge is 0.264 e. The average Bonchev–Trinajstić information content (AvgIpc) is 2.68. The third-order valence-corrected chi connectivity index (χ3v) is 7.77. The topological polar surface area (TPSA) is 95.9 Å². The second-order valence-corrected chi connectivity index (χ2v) is 9.27. The number of likely N-dealkylation sites (tertiary alicyclic amines) is 1. The Kier molecular flexibility index (Phi) is 7.64. The lowest BCUT2D eigenvalue weighted by Crippen LogP contribution is -2.58. The molecule has 0 radical (unpaired) electrons. The highest BCUT2D eigenvalue weighted by Crippen LogP contribution is 2.34. The lowest BCUT2D eigenvalue weighted by molar-refractivity contribution is -0.133. The van der Waals surface area contributed by atoms with Gasteiger partial charge in [0.2, 0.25) is 0 Å². The number of sulfone groups is 1. The van der Waals surface area contributed by atoms with Crippen LogP contribution in [0.3, 0.4) is 0 Å². The van der Waals surface area contributed by atoms with Crippen LogP contribution in [0.2, 0.25) is 0 Å². The van der Waals surface area contributed by atoms with E-state index in [-0.39, 0.29) is 18.6 Å². The van der Waals surface area contributed by atoms with Crippen molar-refractivity contribution in [1.29, 1.82) is 0 Å². The van der Waals surface area contributed by atoms with Gasteiger partial charge in [0.1, 0.15) is 5.75 Å². The van der Waals surface area contributed by atoms with Crippen LogP contribution in [0, 0.1) is 0 Å². The molecular weight excluding hydrogens is 368 g/mol. The maximum Gasteiger partial charge on any atom is 0.264 e. The Morgan fingerprint density at radius 3 is 2.37 bits per heavy atom. The molecule has 8 heteroatoms. The van der Waals surface area contributed by atoms with Gasteiger partial charge in [0.15, 0.2) is 14.6 Å². The molecule has 1 heterocycles. The van der Waals surface area contributed by atoms with Gasteiger partial charge in [-0.05, 0) is 43.5 Å². The summed E-state index contributed by atoms with van der Waals surface area (Å²) in [5.74, 6) is -0.386. The van der Waals surface area contributed by atoms with Crippen LogP contribution >= 0.6 is 0 Å². The van der Waals surface area contributed by atoms with E-state index in [4.69, 9.17) is 9.94 Å². The van der Waals surface area contributed by atoms with Crippen LogP contribution in [0.15, 0.2) is 24.3 Å². The number of carbonyl (C=O) groups excluding carboxylic acids is 1. The summed E-state index contributed by atoms with van der Waals surface area (Å²) in [7, 11) is -3.81. The Morgan fingerprint density at radius 2 is 1.85 bits per heavy atom. The maximum atomic E-state index is 13.1. The molecule has 1 fully saturated rings. The Hall–Kier alpha value is -1.64. The average molecular weight is 399 g/mol. The lowest BCUT2D eigenvalue weighted by Gasteiger charge is -2.39. The summed E-state index contributed by atoms with van der Waals surface area (Å²) in [6, 6.07) is 6.92. The van der Waals surface area contributed by atoms with E-state index in [9.17, 15) is 13.2 Å². The monoisotopic (exact) mass is 398 g/mol. The molecule has 1 saturated heterocycles. The summed E-state index contributed by atoms with van der Waals surface area (Å²) in [4.78, 5) is 14.4. The largest absolute Gasteiger partial charge is 0.494 e. The van der Waals surface area contributed by atoms with E-state index < -0.39 is 20.5 Å². The normalized spacial score (nSPS) is 17.4. The molecule has 0 saturated carbocycles. The van der Waals surface area contributed by atoms with E-state index in [1.54, 1.807) is 29.7 Å². The first kappa shape index (κ1) is 21.7. The molecular formula is C19H30N2O5S. The molecule has 0 aromatic heterocycles. The van der Waals surface area contributed by atoms with Crippen molar-refractivity contribution in [1.82, 2.24) is 10.4 Å². The van der Waals surface area contributed by atoms with Crippen molar-refractivity contribution >= 4 is 15.7 Å². The van der Waals surface area contributed by atoms with E-state index in [2.05, 4.69) is 11.8 Å². The lowest BCUT2D eigenvalue weighted by atomic mass is 9.95. The predicted molar refractivity (Wildman–Crippen MR) is 103 cm³/mol. The second-order valence-electron chi connectivity index (χ2n) is 6.97. The van der Waals surface area contributed by atoms with Crippen molar-refractivity contribution in [3.05, 3.63) is 29.8 Å². The molecule has 27 heavy (non-hydrogen) atoms. The molecule has 2 rings (SSSR count). The molecule has 1 amide bonds. The molecule has 0 bridgehead atoms. The molecule has 152 valence electrons. The number of amides is 1. The zero-order valence-electron chi connectivity index (χ0n) is 16.1. The van der Waals surface area contributed by atoms with Crippen LogP contribution in [0.1, 0.15) is 45.1 Å². The number of hydroxylamine groups is 1. The second kappa shape index (κ2) is 9.52. The van der Waals surface area contributed by atoms with Crippen LogP contribution in [0.25, 0.3) is 0 Å². The number of rotatable bonds is 9. The summed E-state index contributed by atoms with van der Waals surface area (Å²) in [6.45, 7) is 6.53. The van der Waals surface area contributed by atoms with Crippen molar-refractivity contribution in [2.24, 2.45) is 0 Å². The highest BCUT2D eigenvalue weighted by molar-refractivity contribution is 7.92. The number of unbranched alkanes of at least 4 members (excludes halogenated alkanes) is 1. The number of carbonyl (C=O) groups is 1. The molecule has 1 aromatic carbocycles. The highest BCUT2D eigenvalue weighted by atomic mass is 32.2. The van der Waals surface area contributed by atoms with Crippen LogP contribution in [0.5, 0.6) is 5.75 Å². The van der Waals surface area contributed by atoms with Gasteiger partial charge in [0.05, 0.1) is 12.4 Å². The first-order valence-electron chi connectivity index (χ1n) is 9.49. The van der Waals surface area contributed by atoms with E-state index in [0.29, 0.717) is 31.0 Å². The van der Waals surface area contributed by atoms with E-state index in [1.807, 2.05) is 6.92 Å². The first-order chi connectivity index (χ1) is 12.9. The van der Waals surface area contributed by atoms with Crippen molar-refractivity contribution in [2.75, 3.05) is 26.2 Å². The number of benzene rings is 1. The fourth-order valence-electron chi connectivity index (χ4n) is 3.39. The third kappa shape index (κ3) is 5.00. The number of hydrogen-bond donors (Lipinski definition) is 2. The van der Waals surface area contributed by atoms with Gasteiger partial charge in [-0.2, -0.15) is 0 Å². The number of hydrogen-bond acceptors (Lipinski definition) is 6. The quantitative estimate of drug-likeness (QED) is 0.376. The van der Waals surface area contributed by atoms with Gasteiger partial charge >= 0.3 is 0 Å². The Bertz CT molecular complexity index is 710. The number of piperidine rings is 1. The highest BCUT2D eigenvalue weighted by Gasteiger charge is 2.51. The Morgan fingerprint density at radius 1 is 1.22 bits per heavy atom. The number of nitrogens with one attached hydrogen (secondary N) is 1. The van der Waals surface area contributed by atoms with Crippen molar-refractivity contribution < 1.29 is 23.2 Å². The minimum absolute atomic E-state index is 0.174. The molecule has 1 aliphatic rings. The van der Waals surface area contributed by atoms with Gasteiger partial charge in [-0.3, -0.25) is 10.0 Å². The summed E-state index contributed by atoms with van der Waals surface area (Å²) >= 11 is 0. The van der Waals surface area contributed by atoms with Crippen LogP contribution < -0.4 is 10.2 Å². The first-order valence-corrected chi connectivity index (χ1v) is 11.1. The number of nitrogens with zero attached hydrogens (tertiary/aromatic N) is 1. The fraction of sp³-hybridized carbons (Fsp3) is 0.632. The molecule has 1 aromatic rings. The Labute approximate surface area is 161 Å². The molecule has 1 aliphatic heterocycles. The van der Waals surface area contributed by atoms with E-state index in [1.165, 1.54) is 0 Å². The van der Waals surface area contributed by atoms with Gasteiger partial charge in [-0.1, -0.05) is 32.4 Å². The van der Waals surface area contributed by atoms with E-state index in [0.717, 1.165) is 19.4 Å². The van der Waals surface area contributed by atoms with Gasteiger partial charge in [-0.15, -0.1) is 0 Å². The number of ether oxygens (including phenoxy) is 1. The van der Waals surface area contributed by atoms with Crippen LogP contribution in [-0.4, -0.2) is 55.4 Å². The zero-order valence-corrected chi connectivity index (χ0v) is 16.9. The maximum absolute atomic E-state index is 13.1. The van der Waals surface area contributed by atoms with Gasteiger partial charge in [0.25, 0.3) is 5.91 Å². The van der Waals surface area contributed by atoms with Crippen molar-refractivity contribution in [3.8, 4) is 5.75 Å². The molecule has 7 nitrogen and oxygen atoms in total. The van der Waals surface area contributed by atoms with E-state index >= 15 is 0 Å². The van der Waals surface area contributed by atoms with Crippen molar-refractivity contribution in [2.45, 2.75) is 50.0 Å². The zero-order chi connectivity index (χ0) is 19.9. The molecule has 0 unspecified atom stereocenters. The summed E-state index contributed by atoms with van der Waals surface area (Å²) in [5.41, 5.74) is 2.18. The Balaban J connectivity index is 2.15. The summed E-state index contributed by atoms with van der Waals surface area (Å²) in [5, 5.41) is 9.15. The molecule has 0 atom stereocenters. The van der Waals surface area contributed by atoms with Crippen LogP contribution in [0.4, 0.5) is 0 Å². The van der Waals surface area contributed by atoms with Crippen molar-refractivity contribution in [3.63, 3.8) is 0 Å². The fourth-order valence-corrected chi connectivity index (χ4v) is 5.43. The van der Waals surface area contributed by atoms with Gasteiger partial charge in [0, 0.05) is 13.1 Å². The molecule has 2 N–H and O–H groups in total. The standard InChI is InChI=1S/C19H30N2O5S/c1-3-5-14-26-17-8-6-16(7-9-17)15-27(24,25)19(18(22)20-23)10-12-21(4-2)13-11-19/h6-9,23H,3-5,10-15H2,1-2H3,(H,20,22). The molecule has 0 aliphatic carbocycles. The predicted octanol–water partition coefficient (Wildman–Crippen LogP) is 2.14. The third-order valence-electron chi connectivity index (χ3n) is 5.27. The molecule has 0 spiro atoms.